The molecule has 3 atom stereocenters. The van der Waals surface area contributed by atoms with Crippen LogP contribution >= 0.6 is 0 Å². The lowest BCUT2D eigenvalue weighted by Gasteiger charge is -2.36. The van der Waals surface area contributed by atoms with Gasteiger partial charge in [0.15, 0.2) is 0 Å². The van der Waals surface area contributed by atoms with Crippen molar-refractivity contribution in [1.82, 2.24) is 10.6 Å². The van der Waals surface area contributed by atoms with E-state index >= 15 is 0 Å². The van der Waals surface area contributed by atoms with Gasteiger partial charge in [0.1, 0.15) is 23.0 Å². The molecule has 0 saturated carbocycles. The van der Waals surface area contributed by atoms with Crippen molar-refractivity contribution in [2.24, 2.45) is 10.9 Å². The second-order valence-electron chi connectivity index (χ2n) is 14.4. The number of aliphatic imine (C=N–C) groups is 1. The first-order valence-electron chi connectivity index (χ1n) is 17.6. The monoisotopic (exact) mass is 647 g/mol. The molecule has 2 aliphatic carbocycles. The van der Waals surface area contributed by atoms with Crippen molar-refractivity contribution in [3.63, 3.8) is 0 Å². The van der Waals surface area contributed by atoms with Crippen LogP contribution < -0.4 is 21.3 Å². The van der Waals surface area contributed by atoms with Crippen LogP contribution in [0.1, 0.15) is 48.7 Å². The quantitative estimate of drug-likeness (QED) is 0.201. The Bertz CT molecular complexity index is 2620. The molecule has 242 valence electrons. The number of para-hydroxylation sites is 1. The van der Waals surface area contributed by atoms with Gasteiger partial charge in [-0.1, -0.05) is 141 Å². The van der Waals surface area contributed by atoms with Crippen LogP contribution in [-0.4, -0.2) is 12.0 Å². The van der Waals surface area contributed by atoms with E-state index in [-0.39, 0.29) is 23.7 Å². The van der Waals surface area contributed by atoms with Gasteiger partial charge in [-0.3, -0.25) is 5.32 Å². The first kappa shape index (κ1) is 29.2. The number of hydrogen-bond acceptors (Lipinski definition) is 4. The summed E-state index contributed by atoms with van der Waals surface area (Å²) in [6.07, 6.45) is 5.27. The molecule has 0 fully saturated rings. The summed E-state index contributed by atoms with van der Waals surface area (Å²) in [6, 6.07) is 48.0. The summed E-state index contributed by atoms with van der Waals surface area (Å²) in [7, 11) is 0. The van der Waals surface area contributed by atoms with Gasteiger partial charge >= 0.3 is 0 Å². The van der Waals surface area contributed by atoms with Crippen LogP contribution in [-0.2, 0) is 5.41 Å². The van der Waals surface area contributed by atoms with Crippen LogP contribution in [0.15, 0.2) is 143 Å². The maximum Gasteiger partial charge on any atom is 0.135 e. The molecule has 1 aliphatic heterocycles. The number of amidine groups is 1. The van der Waals surface area contributed by atoms with E-state index in [1.807, 2.05) is 6.07 Å². The second-order valence-corrected chi connectivity index (χ2v) is 14.4. The molecule has 50 heavy (non-hydrogen) atoms. The van der Waals surface area contributed by atoms with Crippen LogP contribution in [0.5, 0.6) is 0 Å². The van der Waals surface area contributed by atoms with Crippen molar-refractivity contribution in [3.05, 3.63) is 166 Å². The molecule has 0 radical (unpaired) electrons. The zero-order chi connectivity index (χ0) is 33.4. The molecule has 3 unspecified atom stereocenters. The summed E-state index contributed by atoms with van der Waals surface area (Å²) in [6.45, 7) is 4.75. The largest absolute Gasteiger partial charge is 0.456 e. The lowest BCUT2D eigenvalue weighted by atomic mass is 9.80. The highest BCUT2D eigenvalue weighted by atomic mass is 16.3. The van der Waals surface area contributed by atoms with E-state index < -0.39 is 0 Å². The topological polar surface area (TPSA) is 49.6 Å². The Morgan fingerprint density at radius 3 is 2.24 bits per heavy atom. The fraction of sp³-hybridized carbons (Fsp3) is 0.152. The number of fused-ring (bicyclic) bond motifs is 7. The molecule has 2 N–H and O–H groups in total. The van der Waals surface area contributed by atoms with E-state index in [1.54, 1.807) is 0 Å². The van der Waals surface area contributed by atoms with Crippen molar-refractivity contribution in [2.75, 3.05) is 0 Å². The Hall–Kier alpha value is -5.71. The number of nitrogens with zero attached hydrogens (tertiary/aromatic N) is 1. The third-order valence-corrected chi connectivity index (χ3v) is 11.1. The standard InChI is InChI=1S/C46H37N3O/c1-46(2)37-26-31(22-24-36(37)42-38(46)25-30-17-9-10-18-33(30)41(42)28-13-5-3-6-14-28)44-47-43(29-15-7-4-8-16-29)48-45(49-44)32-21-23-35-34-19-11-12-20-39(34)50-40(35)27-32/h3-20,22-27,32,44-45,49H,21H2,1-2H3,(H,47,48). The number of benzene rings is 6. The van der Waals surface area contributed by atoms with E-state index in [9.17, 15) is 0 Å². The van der Waals surface area contributed by atoms with Crippen LogP contribution in [0.25, 0.3) is 56.1 Å². The molecule has 6 aromatic carbocycles. The Kier molecular flexibility index (Phi) is 6.52. The van der Waals surface area contributed by atoms with Crippen LogP contribution in [0.4, 0.5) is 0 Å². The average molecular weight is 648 g/mol. The van der Waals surface area contributed by atoms with E-state index in [4.69, 9.17) is 9.41 Å². The first-order valence-corrected chi connectivity index (χ1v) is 17.6. The van der Waals surface area contributed by atoms with E-state index in [1.165, 1.54) is 60.3 Å². The Balaban J connectivity index is 1.09. The molecule has 2 heterocycles. The van der Waals surface area contributed by atoms with Gasteiger partial charge in [-0.2, -0.15) is 0 Å². The predicted molar refractivity (Wildman–Crippen MR) is 205 cm³/mol. The summed E-state index contributed by atoms with van der Waals surface area (Å²) in [5.41, 5.74) is 11.9. The van der Waals surface area contributed by atoms with Crippen molar-refractivity contribution < 1.29 is 4.42 Å². The fourth-order valence-corrected chi connectivity index (χ4v) is 8.52. The van der Waals surface area contributed by atoms with Gasteiger partial charge in [0.2, 0.25) is 0 Å². The second kappa shape index (κ2) is 11.2. The summed E-state index contributed by atoms with van der Waals surface area (Å²) in [5, 5.41) is 12.6. The molecule has 4 nitrogen and oxygen atoms in total. The molecule has 0 bridgehead atoms. The highest BCUT2D eigenvalue weighted by Crippen LogP contribution is 2.54. The van der Waals surface area contributed by atoms with Gasteiger partial charge in [0.05, 0.1) is 6.17 Å². The van der Waals surface area contributed by atoms with Crippen LogP contribution in [0.2, 0.25) is 0 Å². The highest BCUT2D eigenvalue weighted by Gasteiger charge is 2.39. The van der Waals surface area contributed by atoms with E-state index in [0.29, 0.717) is 0 Å². The zero-order valence-corrected chi connectivity index (χ0v) is 28.2. The molecule has 7 aromatic rings. The Labute approximate surface area is 291 Å². The lowest BCUT2D eigenvalue weighted by Crippen LogP contribution is -2.55. The fourth-order valence-electron chi connectivity index (χ4n) is 8.52. The summed E-state index contributed by atoms with van der Waals surface area (Å²) >= 11 is 0. The van der Waals surface area contributed by atoms with Crippen molar-refractivity contribution in [3.8, 4) is 22.3 Å². The molecule has 10 rings (SSSR count). The van der Waals surface area contributed by atoms with Gasteiger partial charge in [0.25, 0.3) is 0 Å². The number of nitrogens with one attached hydrogen (secondary N) is 2. The maximum absolute atomic E-state index is 6.34. The molecule has 0 saturated heterocycles. The minimum absolute atomic E-state index is 0.0428. The lowest BCUT2D eigenvalue weighted by molar-refractivity contribution is 0.339. The SMILES string of the molecule is CC1(C)c2cc(C3N=C(c4ccccc4)NC(C4C=c5oc6ccccc6c5=CC4)N3)ccc2-c2c1cc1ccccc1c2-c1ccccc1. The van der Waals surface area contributed by atoms with Crippen LogP contribution in [0, 0.1) is 5.92 Å². The minimum atomic E-state index is -0.223. The third-order valence-electron chi connectivity index (χ3n) is 11.1. The Morgan fingerprint density at radius 1 is 0.700 bits per heavy atom. The predicted octanol–water partition coefficient (Wildman–Crippen LogP) is 8.80. The zero-order valence-electron chi connectivity index (χ0n) is 28.2. The van der Waals surface area contributed by atoms with Crippen molar-refractivity contribution in [2.45, 2.75) is 38.0 Å². The molecular weight excluding hydrogens is 611 g/mol. The molecule has 1 aromatic heterocycles. The number of rotatable bonds is 4. The summed E-state index contributed by atoms with van der Waals surface area (Å²) in [4.78, 5) is 5.33. The first-order chi connectivity index (χ1) is 24.5. The van der Waals surface area contributed by atoms with Crippen molar-refractivity contribution >= 4 is 39.7 Å². The van der Waals surface area contributed by atoms with Gasteiger partial charge in [0, 0.05) is 27.5 Å². The smallest absolute Gasteiger partial charge is 0.135 e. The van der Waals surface area contributed by atoms with Crippen LogP contribution in [0.3, 0.4) is 0 Å². The summed E-state index contributed by atoms with van der Waals surface area (Å²) in [5.74, 6) is 1.08. The molecule has 4 heteroatoms. The molecule has 0 spiro atoms. The number of furan rings is 1. The summed E-state index contributed by atoms with van der Waals surface area (Å²) < 4.78 is 6.34. The van der Waals surface area contributed by atoms with Crippen molar-refractivity contribution in [1.29, 1.82) is 0 Å². The molecule has 3 aliphatic rings. The minimum Gasteiger partial charge on any atom is -0.456 e. The molecule has 0 amide bonds. The van der Waals surface area contributed by atoms with E-state index in [0.717, 1.165) is 28.8 Å². The van der Waals surface area contributed by atoms with Gasteiger partial charge < -0.3 is 9.73 Å². The van der Waals surface area contributed by atoms with Gasteiger partial charge in [-0.05, 0) is 74.3 Å². The molecular formula is C46H37N3O. The average Bonchev–Trinajstić information content (AvgIpc) is 3.65. The van der Waals surface area contributed by atoms with Gasteiger partial charge in [-0.15, -0.1) is 0 Å². The maximum atomic E-state index is 6.34. The Morgan fingerprint density at radius 2 is 1.42 bits per heavy atom. The van der Waals surface area contributed by atoms with E-state index in [2.05, 4.69) is 164 Å². The van der Waals surface area contributed by atoms with Gasteiger partial charge in [-0.25, -0.2) is 4.99 Å². The number of hydrogen-bond donors (Lipinski definition) is 2. The normalized spacial score (nSPS) is 20.2. The third kappa shape index (κ3) is 4.52. The highest BCUT2D eigenvalue weighted by molar-refractivity contribution is 6.08.